The molecule has 0 fully saturated rings. The van der Waals surface area contributed by atoms with Crippen LogP contribution in [-0.2, 0) is 16.1 Å². The van der Waals surface area contributed by atoms with Crippen LogP contribution in [0.5, 0.6) is 5.75 Å². The summed E-state index contributed by atoms with van der Waals surface area (Å²) >= 11 is 5.83. The third-order valence-electron chi connectivity index (χ3n) is 2.74. The quantitative estimate of drug-likeness (QED) is 0.792. The predicted molar refractivity (Wildman–Crippen MR) is 77.9 cm³/mol. The molecule has 0 amide bonds. The summed E-state index contributed by atoms with van der Waals surface area (Å²) in [6, 6.07) is 12.2. The first-order valence-corrected chi connectivity index (χ1v) is 6.69. The van der Waals surface area contributed by atoms with Crippen LogP contribution in [0, 0.1) is 17.1 Å². The first-order chi connectivity index (χ1) is 10.6. The fraction of sp³-hybridized carbons (Fsp3) is 0.125. The summed E-state index contributed by atoms with van der Waals surface area (Å²) in [6.45, 7) is -0.334. The molecule has 0 aliphatic carbocycles. The number of carbonyl (C=O) groups is 1. The molecule has 0 bridgehead atoms. The van der Waals surface area contributed by atoms with Gasteiger partial charge >= 0.3 is 5.97 Å². The Balaban J connectivity index is 1.81. The zero-order valence-electron chi connectivity index (χ0n) is 11.4. The molecule has 4 nitrogen and oxygen atoms in total. The second kappa shape index (κ2) is 7.43. The molecule has 0 unspecified atom stereocenters. The highest BCUT2D eigenvalue weighted by atomic mass is 35.5. The Morgan fingerprint density at radius 1 is 1.23 bits per heavy atom. The molecular formula is C16H11ClFNO3. The monoisotopic (exact) mass is 319 g/mol. The summed E-state index contributed by atoms with van der Waals surface area (Å²) in [5, 5.41) is 8.86. The van der Waals surface area contributed by atoms with Crippen molar-refractivity contribution < 1.29 is 18.7 Å². The number of rotatable bonds is 5. The largest absolute Gasteiger partial charge is 0.482 e. The fourth-order valence-corrected chi connectivity index (χ4v) is 1.83. The van der Waals surface area contributed by atoms with E-state index < -0.39 is 11.8 Å². The minimum absolute atomic E-state index is 0.0608. The number of ether oxygens (including phenoxy) is 2. The summed E-state index contributed by atoms with van der Waals surface area (Å²) in [6.07, 6.45) is 0. The van der Waals surface area contributed by atoms with E-state index in [1.807, 2.05) is 6.07 Å². The Morgan fingerprint density at radius 3 is 2.59 bits per heavy atom. The molecule has 6 heteroatoms. The van der Waals surface area contributed by atoms with Crippen LogP contribution in [0.1, 0.15) is 11.1 Å². The van der Waals surface area contributed by atoms with Crippen molar-refractivity contribution in [3.8, 4) is 11.8 Å². The first kappa shape index (κ1) is 15.8. The maximum Gasteiger partial charge on any atom is 0.344 e. The van der Waals surface area contributed by atoms with E-state index >= 15 is 0 Å². The van der Waals surface area contributed by atoms with Crippen molar-refractivity contribution in [3.63, 3.8) is 0 Å². The van der Waals surface area contributed by atoms with Crippen LogP contribution < -0.4 is 4.74 Å². The minimum Gasteiger partial charge on any atom is -0.482 e. The molecule has 0 aromatic heterocycles. The van der Waals surface area contributed by atoms with Crippen LogP contribution in [0.15, 0.2) is 42.5 Å². The van der Waals surface area contributed by atoms with Crippen molar-refractivity contribution in [1.29, 1.82) is 5.26 Å². The van der Waals surface area contributed by atoms with E-state index in [1.165, 1.54) is 12.1 Å². The number of hydrogen-bond acceptors (Lipinski definition) is 4. The van der Waals surface area contributed by atoms with Crippen LogP contribution >= 0.6 is 11.6 Å². The van der Waals surface area contributed by atoms with Gasteiger partial charge in [-0.2, -0.15) is 5.26 Å². The number of hydrogen-bond donors (Lipinski definition) is 0. The normalized spacial score (nSPS) is 9.86. The van der Waals surface area contributed by atoms with Gasteiger partial charge < -0.3 is 9.47 Å². The van der Waals surface area contributed by atoms with Gasteiger partial charge in [-0.05, 0) is 36.4 Å². The molecular weight excluding hydrogens is 309 g/mol. The zero-order chi connectivity index (χ0) is 15.9. The first-order valence-electron chi connectivity index (χ1n) is 6.31. The third-order valence-corrected chi connectivity index (χ3v) is 3.10. The van der Waals surface area contributed by atoms with Crippen molar-refractivity contribution >= 4 is 17.6 Å². The molecule has 0 heterocycles. The van der Waals surface area contributed by atoms with Gasteiger partial charge in [-0.3, -0.25) is 0 Å². The minimum atomic E-state index is -0.579. The summed E-state index contributed by atoms with van der Waals surface area (Å²) in [5.41, 5.74) is 1.01. The average Bonchev–Trinajstić information content (AvgIpc) is 2.52. The summed E-state index contributed by atoms with van der Waals surface area (Å²) in [5.74, 6) is -0.579. The molecule has 0 saturated heterocycles. The zero-order valence-corrected chi connectivity index (χ0v) is 12.1. The second-order valence-electron chi connectivity index (χ2n) is 4.32. The van der Waals surface area contributed by atoms with Crippen molar-refractivity contribution in [3.05, 3.63) is 64.4 Å². The van der Waals surface area contributed by atoms with Gasteiger partial charge in [0.05, 0.1) is 16.7 Å². The van der Waals surface area contributed by atoms with Crippen LogP contribution in [0.4, 0.5) is 4.39 Å². The molecule has 0 aliphatic rings. The van der Waals surface area contributed by atoms with E-state index in [9.17, 15) is 9.18 Å². The summed E-state index contributed by atoms with van der Waals surface area (Å²) in [4.78, 5) is 11.6. The van der Waals surface area contributed by atoms with Gasteiger partial charge in [0.15, 0.2) is 6.61 Å². The number of carbonyl (C=O) groups excluding carboxylic acids is 1. The maximum atomic E-state index is 12.9. The number of esters is 1. The number of nitrogens with zero attached hydrogens (tertiary/aromatic N) is 1. The Labute approximate surface area is 131 Å². The van der Waals surface area contributed by atoms with E-state index in [-0.39, 0.29) is 18.2 Å². The lowest BCUT2D eigenvalue weighted by Gasteiger charge is -2.08. The third kappa shape index (κ3) is 4.47. The lowest BCUT2D eigenvalue weighted by atomic mass is 10.2. The lowest BCUT2D eigenvalue weighted by molar-refractivity contribution is -0.147. The Bertz CT molecular complexity index is 710. The molecule has 0 N–H and O–H groups in total. The van der Waals surface area contributed by atoms with E-state index in [1.54, 1.807) is 24.3 Å². The molecule has 22 heavy (non-hydrogen) atoms. The van der Waals surface area contributed by atoms with Crippen LogP contribution in [0.2, 0.25) is 5.02 Å². The SMILES string of the molecule is N#Cc1ccc(OCC(=O)OCc2ccc(F)cc2Cl)cc1. The highest BCUT2D eigenvalue weighted by molar-refractivity contribution is 6.31. The second-order valence-corrected chi connectivity index (χ2v) is 4.73. The number of nitriles is 1. The van der Waals surface area contributed by atoms with Crippen molar-refractivity contribution in [1.82, 2.24) is 0 Å². The average molecular weight is 320 g/mol. The van der Waals surface area contributed by atoms with E-state index in [2.05, 4.69) is 0 Å². The highest BCUT2D eigenvalue weighted by Gasteiger charge is 2.08. The van der Waals surface area contributed by atoms with Gasteiger partial charge in [0.25, 0.3) is 0 Å². The van der Waals surface area contributed by atoms with Gasteiger partial charge in [-0.15, -0.1) is 0 Å². The molecule has 0 spiro atoms. The standard InChI is InChI=1S/C16H11ClFNO3/c17-15-7-13(18)4-3-12(15)9-22-16(20)10-21-14-5-1-11(8-19)2-6-14/h1-7H,9-10H2. The molecule has 0 saturated carbocycles. The van der Waals surface area contributed by atoms with Gasteiger partial charge in [0.1, 0.15) is 18.2 Å². The van der Waals surface area contributed by atoms with Gasteiger partial charge in [0.2, 0.25) is 0 Å². The maximum absolute atomic E-state index is 12.9. The summed E-state index contributed by atoms with van der Waals surface area (Å²) < 4.78 is 23.1. The lowest BCUT2D eigenvalue weighted by Crippen LogP contribution is -2.14. The molecule has 0 radical (unpaired) electrons. The number of benzene rings is 2. The molecule has 2 aromatic carbocycles. The van der Waals surface area contributed by atoms with Gasteiger partial charge in [-0.1, -0.05) is 17.7 Å². The van der Waals surface area contributed by atoms with Crippen LogP contribution in [0.3, 0.4) is 0 Å². The molecule has 0 atom stereocenters. The molecule has 112 valence electrons. The summed E-state index contributed by atoms with van der Waals surface area (Å²) in [7, 11) is 0. The Kier molecular flexibility index (Phi) is 5.34. The Hall–Kier alpha value is -2.58. The fourth-order valence-electron chi connectivity index (χ4n) is 1.61. The van der Waals surface area contributed by atoms with Gasteiger partial charge in [-0.25, -0.2) is 9.18 Å². The van der Waals surface area contributed by atoms with Crippen LogP contribution in [-0.4, -0.2) is 12.6 Å². The van der Waals surface area contributed by atoms with Crippen molar-refractivity contribution in [2.75, 3.05) is 6.61 Å². The highest BCUT2D eigenvalue weighted by Crippen LogP contribution is 2.18. The molecule has 2 aromatic rings. The topological polar surface area (TPSA) is 59.3 Å². The smallest absolute Gasteiger partial charge is 0.344 e. The Morgan fingerprint density at radius 2 is 1.95 bits per heavy atom. The predicted octanol–water partition coefficient (Wildman–Crippen LogP) is 3.47. The molecule has 2 rings (SSSR count). The number of halogens is 2. The van der Waals surface area contributed by atoms with Gasteiger partial charge in [0, 0.05) is 5.56 Å². The van der Waals surface area contributed by atoms with Crippen molar-refractivity contribution in [2.45, 2.75) is 6.61 Å². The van der Waals surface area contributed by atoms with Crippen molar-refractivity contribution in [2.24, 2.45) is 0 Å². The molecule has 0 aliphatic heterocycles. The van der Waals surface area contributed by atoms with Crippen LogP contribution in [0.25, 0.3) is 0 Å². The van der Waals surface area contributed by atoms with E-state index in [0.717, 1.165) is 6.07 Å². The van der Waals surface area contributed by atoms with E-state index in [4.69, 9.17) is 26.3 Å². The van der Waals surface area contributed by atoms with E-state index in [0.29, 0.717) is 16.9 Å².